The second kappa shape index (κ2) is 14.8. The van der Waals surface area contributed by atoms with Crippen molar-refractivity contribution in [2.75, 3.05) is 39.8 Å². The average Bonchev–Trinajstić information content (AvgIpc) is 2.49. The molecule has 0 bridgehead atoms. The van der Waals surface area contributed by atoms with E-state index in [0.717, 1.165) is 26.2 Å². The van der Waals surface area contributed by atoms with Gasteiger partial charge in [0.2, 0.25) is 5.91 Å². The lowest BCUT2D eigenvalue weighted by molar-refractivity contribution is -0.130. The molecule has 1 aliphatic rings. The molecule has 1 rings (SSSR count). The molecule has 0 N–H and O–H groups in total. The van der Waals surface area contributed by atoms with Crippen LogP contribution in [0.15, 0.2) is 0 Å². The Bertz CT molecular complexity index is 221. The van der Waals surface area contributed by atoms with Gasteiger partial charge in [-0.15, -0.1) is 0 Å². The molecule has 0 saturated carbocycles. The van der Waals surface area contributed by atoms with E-state index in [1.165, 1.54) is 12.8 Å². The first kappa shape index (κ1) is 21.7. The van der Waals surface area contributed by atoms with Gasteiger partial charge >= 0.3 is 0 Å². The molecule has 0 spiro atoms. The number of morpholine rings is 1. The van der Waals surface area contributed by atoms with Gasteiger partial charge in [-0.25, -0.2) is 0 Å². The highest BCUT2D eigenvalue weighted by atomic mass is 16.5. The van der Waals surface area contributed by atoms with Gasteiger partial charge in [0.05, 0.1) is 12.7 Å². The fourth-order valence-electron chi connectivity index (χ4n) is 1.61. The lowest BCUT2D eigenvalue weighted by Crippen LogP contribution is -2.47. The van der Waals surface area contributed by atoms with Crippen molar-refractivity contribution in [2.45, 2.75) is 60.5 Å². The van der Waals surface area contributed by atoms with E-state index in [9.17, 15) is 4.79 Å². The molecular formula is C16H36N2O2. The minimum atomic E-state index is 0.0993. The highest BCUT2D eigenvalue weighted by Gasteiger charge is 2.21. The third-order valence-corrected chi connectivity index (χ3v) is 3.19. The number of rotatable bonds is 4. The summed E-state index contributed by atoms with van der Waals surface area (Å²) in [5.41, 5.74) is 0. The van der Waals surface area contributed by atoms with E-state index in [1.807, 2.05) is 20.9 Å². The van der Waals surface area contributed by atoms with Crippen LogP contribution in [0.3, 0.4) is 0 Å². The summed E-state index contributed by atoms with van der Waals surface area (Å²) in [5.74, 6) is 0.0993. The first-order valence-electron chi connectivity index (χ1n) is 8.10. The standard InChI is InChI=1S/C10H20N2O2.C4H10.C2H6/c1-4-12-5-6-14-10(8-12)7-11(3)9(2)13;1-3-4-2;1-2/h10H,4-8H2,1-3H3;3-4H2,1-2H3;1-2H3/t10-;;/m0../s1. The predicted molar refractivity (Wildman–Crippen MR) is 87.1 cm³/mol. The molecule has 0 aromatic heterocycles. The summed E-state index contributed by atoms with van der Waals surface area (Å²) in [6.45, 7) is 16.6. The molecule has 1 atom stereocenters. The SMILES string of the molecule is CC.CCCC.CCN1CCO[C@@H](CN(C)C(C)=O)C1. The highest BCUT2D eigenvalue weighted by Crippen LogP contribution is 2.05. The van der Waals surface area contributed by atoms with Crippen molar-refractivity contribution in [1.29, 1.82) is 0 Å². The van der Waals surface area contributed by atoms with Crippen LogP contribution in [0.1, 0.15) is 54.4 Å². The molecule has 20 heavy (non-hydrogen) atoms. The summed E-state index contributed by atoms with van der Waals surface area (Å²) in [6, 6.07) is 0. The number of likely N-dealkylation sites (N-methyl/N-ethyl adjacent to an activating group) is 2. The predicted octanol–water partition coefficient (Wildman–Crippen LogP) is 3.02. The van der Waals surface area contributed by atoms with Gasteiger partial charge in [0.1, 0.15) is 0 Å². The van der Waals surface area contributed by atoms with Crippen LogP contribution >= 0.6 is 0 Å². The molecule has 122 valence electrons. The Hall–Kier alpha value is -0.610. The van der Waals surface area contributed by atoms with E-state index < -0.39 is 0 Å². The fourth-order valence-corrected chi connectivity index (χ4v) is 1.61. The number of hydrogen-bond donors (Lipinski definition) is 0. The van der Waals surface area contributed by atoms with Gasteiger partial charge in [0.15, 0.2) is 0 Å². The quantitative estimate of drug-likeness (QED) is 0.797. The van der Waals surface area contributed by atoms with Crippen molar-refractivity contribution in [3.8, 4) is 0 Å². The first-order chi connectivity index (χ1) is 9.54. The maximum absolute atomic E-state index is 11.0. The summed E-state index contributed by atoms with van der Waals surface area (Å²) in [6.07, 6.45) is 2.82. The zero-order valence-electron chi connectivity index (χ0n) is 14.7. The Morgan fingerprint density at radius 2 is 1.80 bits per heavy atom. The lowest BCUT2D eigenvalue weighted by atomic mass is 10.2. The van der Waals surface area contributed by atoms with E-state index in [2.05, 4.69) is 25.7 Å². The van der Waals surface area contributed by atoms with Crippen molar-refractivity contribution in [2.24, 2.45) is 0 Å². The summed E-state index contributed by atoms with van der Waals surface area (Å²) in [5, 5.41) is 0. The van der Waals surface area contributed by atoms with Gasteiger partial charge in [0.25, 0.3) is 0 Å². The summed E-state index contributed by atoms with van der Waals surface area (Å²) in [4.78, 5) is 15.1. The number of carbonyl (C=O) groups excluding carboxylic acids is 1. The second-order valence-electron chi connectivity index (χ2n) is 4.79. The van der Waals surface area contributed by atoms with Crippen LogP contribution in [-0.2, 0) is 9.53 Å². The average molecular weight is 288 g/mol. The van der Waals surface area contributed by atoms with E-state index in [-0.39, 0.29) is 12.0 Å². The zero-order chi connectivity index (χ0) is 16.0. The monoisotopic (exact) mass is 288 g/mol. The van der Waals surface area contributed by atoms with E-state index in [1.54, 1.807) is 11.8 Å². The molecule has 0 aromatic carbocycles. The minimum absolute atomic E-state index is 0.0993. The molecule has 1 fully saturated rings. The molecular weight excluding hydrogens is 252 g/mol. The van der Waals surface area contributed by atoms with Crippen LogP contribution < -0.4 is 0 Å². The Kier molecular flexibility index (Phi) is 16.0. The fraction of sp³-hybridized carbons (Fsp3) is 0.938. The number of unbranched alkanes of at least 4 members (excludes halogenated alkanes) is 1. The van der Waals surface area contributed by atoms with Crippen molar-refractivity contribution < 1.29 is 9.53 Å². The van der Waals surface area contributed by atoms with Crippen LogP contribution in [0.5, 0.6) is 0 Å². The summed E-state index contributed by atoms with van der Waals surface area (Å²) in [7, 11) is 1.82. The van der Waals surface area contributed by atoms with Crippen molar-refractivity contribution >= 4 is 5.91 Å². The molecule has 1 heterocycles. The third-order valence-electron chi connectivity index (χ3n) is 3.19. The largest absolute Gasteiger partial charge is 0.374 e. The Morgan fingerprint density at radius 3 is 2.20 bits per heavy atom. The zero-order valence-corrected chi connectivity index (χ0v) is 14.7. The molecule has 0 aliphatic carbocycles. The van der Waals surface area contributed by atoms with Gasteiger partial charge in [-0.1, -0.05) is 47.5 Å². The number of ether oxygens (including phenoxy) is 1. The van der Waals surface area contributed by atoms with Crippen LogP contribution in [0.2, 0.25) is 0 Å². The molecule has 1 amide bonds. The summed E-state index contributed by atoms with van der Waals surface area (Å²) >= 11 is 0. The van der Waals surface area contributed by atoms with Gasteiger partial charge in [-0.3, -0.25) is 9.69 Å². The number of carbonyl (C=O) groups is 1. The van der Waals surface area contributed by atoms with E-state index >= 15 is 0 Å². The Balaban J connectivity index is 0. The number of hydrogen-bond acceptors (Lipinski definition) is 3. The third kappa shape index (κ3) is 11.2. The topological polar surface area (TPSA) is 32.8 Å². The van der Waals surface area contributed by atoms with Crippen LogP contribution in [-0.4, -0.2) is 61.6 Å². The Morgan fingerprint density at radius 1 is 1.25 bits per heavy atom. The first-order valence-corrected chi connectivity index (χ1v) is 8.10. The molecule has 0 aromatic rings. The smallest absolute Gasteiger partial charge is 0.219 e. The molecule has 0 radical (unpaired) electrons. The molecule has 0 unspecified atom stereocenters. The normalized spacial score (nSPS) is 18.2. The van der Waals surface area contributed by atoms with Gasteiger partial charge in [-0.05, 0) is 6.54 Å². The van der Waals surface area contributed by atoms with Crippen molar-refractivity contribution in [1.82, 2.24) is 9.80 Å². The van der Waals surface area contributed by atoms with Gasteiger partial charge in [0, 0.05) is 33.6 Å². The molecule has 1 saturated heterocycles. The Labute approximate surface area is 126 Å². The molecule has 4 nitrogen and oxygen atoms in total. The minimum Gasteiger partial charge on any atom is -0.374 e. The van der Waals surface area contributed by atoms with Crippen LogP contribution in [0, 0.1) is 0 Å². The van der Waals surface area contributed by atoms with Crippen LogP contribution in [0.25, 0.3) is 0 Å². The number of amides is 1. The van der Waals surface area contributed by atoms with E-state index in [0.29, 0.717) is 6.54 Å². The van der Waals surface area contributed by atoms with E-state index in [4.69, 9.17) is 4.74 Å². The van der Waals surface area contributed by atoms with Gasteiger partial charge in [-0.2, -0.15) is 0 Å². The van der Waals surface area contributed by atoms with Gasteiger partial charge < -0.3 is 9.64 Å². The molecule has 1 aliphatic heterocycles. The maximum atomic E-state index is 11.0. The van der Waals surface area contributed by atoms with Crippen molar-refractivity contribution in [3.05, 3.63) is 0 Å². The molecule has 4 heteroatoms. The summed E-state index contributed by atoms with van der Waals surface area (Å²) < 4.78 is 5.60. The van der Waals surface area contributed by atoms with Crippen LogP contribution in [0.4, 0.5) is 0 Å². The maximum Gasteiger partial charge on any atom is 0.219 e. The number of nitrogens with zero attached hydrogens (tertiary/aromatic N) is 2. The van der Waals surface area contributed by atoms with Crippen molar-refractivity contribution in [3.63, 3.8) is 0 Å². The highest BCUT2D eigenvalue weighted by molar-refractivity contribution is 5.72. The second-order valence-corrected chi connectivity index (χ2v) is 4.79. The lowest BCUT2D eigenvalue weighted by Gasteiger charge is -2.33.